The molecule has 2 rings (SSSR count). The molecule has 0 spiro atoms. The molecule has 0 radical (unpaired) electrons. The molecule has 0 saturated carbocycles. The molecule has 0 fully saturated rings. The third-order valence-electron chi connectivity index (χ3n) is 3.44. The van der Waals surface area contributed by atoms with Gasteiger partial charge in [0.2, 0.25) is 5.91 Å². The lowest BCUT2D eigenvalue weighted by molar-refractivity contribution is -0.134. The van der Waals surface area contributed by atoms with E-state index >= 15 is 0 Å². The highest BCUT2D eigenvalue weighted by Gasteiger charge is 2.27. The highest BCUT2D eigenvalue weighted by atomic mass is 16.3. The van der Waals surface area contributed by atoms with Crippen molar-refractivity contribution in [1.82, 2.24) is 4.90 Å². The first-order chi connectivity index (χ1) is 8.26. The van der Waals surface area contributed by atoms with Crippen molar-refractivity contribution >= 4 is 5.91 Å². The molecule has 3 nitrogen and oxygen atoms in total. The summed E-state index contributed by atoms with van der Waals surface area (Å²) >= 11 is 0. The number of hydrogen-bond donors (Lipinski definition) is 1. The minimum absolute atomic E-state index is 0.139. The van der Waals surface area contributed by atoms with E-state index in [0.29, 0.717) is 19.4 Å². The van der Waals surface area contributed by atoms with Crippen LogP contribution in [-0.2, 0) is 17.8 Å². The summed E-state index contributed by atoms with van der Waals surface area (Å²) in [6.07, 6.45) is 2.06. The average molecular weight is 233 g/mol. The Morgan fingerprint density at radius 2 is 2.12 bits per heavy atom. The van der Waals surface area contributed by atoms with Gasteiger partial charge in [0.1, 0.15) is 0 Å². The summed E-state index contributed by atoms with van der Waals surface area (Å²) in [4.78, 5) is 13.8. The van der Waals surface area contributed by atoms with Crippen LogP contribution in [0, 0.1) is 0 Å². The zero-order valence-corrected chi connectivity index (χ0v) is 10.2. The minimum atomic E-state index is 0.139. The molecule has 0 bridgehead atoms. The number of amides is 1. The van der Waals surface area contributed by atoms with E-state index in [-0.39, 0.29) is 18.6 Å². The Kier molecular flexibility index (Phi) is 3.79. The fourth-order valence-corrected chi connectivity index (χ4v) is 2.49. The molecule has 0 saturated heterocycles. The summed E-state index contributed by atoms with van der Waals surface area (Å²) in [6, 6.07) is 8.40. The van der Waals surface area contributed by atoms with E-state index in [2.05, 4.69) is 12.1 Å². The Bertz CT molecular complexity index is 403. The predicted molar refractivity (Wildman–Crippen MR) is 66.5 cm³/mol. The van der Waals surface area contributed by atoms with Crippen LogP contribution < -0.4 is 0 Å². The van der Waals surface area contributed by atoms with Gasteiger partial charge >= 0.3 is 0 Å². The fraction of sp³-hybridized carbons (Fsp3) is 0.500. The van der Waals surface area contributed by atoms with Crippen molar-refractivity contribution in [2.24, 2.45) is 0 Å². The quantitative estimate of drug-likeness (QED) is 0.863. The second-order valence-corrected chi connectivity index (χ2v) is 4.51. The first-order valence-corrected chi connectivity index (χ1v) is 6.23. The summed E-state index contributed by atoms with van der Waals surface area (Å²) in [7, 11) is 0. The van der Waals surface area contributed by atoms with E-state index in [1.54, 1.807) is 0 Å². The monoisotopic (exact) mass is 233 g/mol. The maximum Gasteiger partial charge on any atom is 0.222 e. The number of nitrogens with zero attached hydrogens (tertiary/aromatic N) is 1. The van der Waals surface area contributed by atoms with Gasteiger partial charge in [0.25, 0.3) is 0 Å². The molecular formula is C14H19NO2. The molecule has 1 aliphatic heterocycles. The van der Waals surface area contributed by atoms with Gasteiger partial charge in [-0.25, -0.2) is 0 Å². The standard InChI is InChI=1S/C14H19NO2/c1-2-14(17)15-10-12-6-4-3-5-11(12)9-13(15)7-8-16/h3-6,13,16H,2,7-10H2,1H3/t13-/m1/s1. The van der Waals surface area contributed by atoms with Crippen molar-refractivity contribution in [1.29, 1.82) is 0 Å². The second-order valence-electron chi connectivity index (χ2n) is 4.51. The van der Waals surface area contributed by atoms with E-state index < -0.39 is 0 Å². The van der Waals surface area contributed by atoms with E-state index in [1.807, 2.05) is 24.0 Å². The fourth-order valence-electron chi connectivity index (χ4n) is 2.49. The SMILES string of the molecule is CCC(=O)N1Cc2ccccc2C[C@H]1CCO. The van der Waals surface area contributed by atoms with E-state index in [1.165, 1.54) is 11.1 Å². The summed E-state index contributed by atoms with van der Waals surface area (Å²) in [6.45, 7) is 2.71. The van der Waals surface area contributed by atoms with Gasteiger partial charge in [0, 0.05) is 25.6 Å². The van der Waals surface area contributed by atoms with Crippen molar-refractivity contribution in [2.45, 2.75) is 38.8 Å². The number of hydrogen-bond acceptors (Lipinski definition) is 2. The van der Waals surface area contributed by atoms with Crippen LogP contribution in [0.2, 0.25) is 0 Å². The van der Waals surface area contributed by atoms with Gasteiger partial charge in [-0.3, -0.25) is 4.79 Å². The van der Waals surface area contributed by atoms with E-state index in [0.717, 1.165) is 6.42 Å². The van der Waals surface area contributed by atoms with Crippen molar-refractivity contribution in [3.63, 3.8) is 0 Å². The van der Waals surface area contributed by atoms with Gasteiger partial charge in [-0.15, -0.1) is 0 Å². The molecule has 1 aromatic rings. The van der Waals surface area contributed by atoms with Gasteiger partial charge in [-0.05, 0) is 24.0 Å². The third-order valence-corrected chi connectivity index (χ3v) is 3.44. The average Bonchev–Trinajstić information content (AvgIpc) is 2.37. The minimum Gasteiger partial charge on any atom is -0.396 e. The zero-order valence-electron chi connectivity index (χ0n) is 10.2. The topological polar surface area (TPSA) is 40.5 Å². The van der Waals surface area contributed by atoms with Crippen molar-refractivity contribution in [2.75, 3.05) is 6.61 Å². The van der Waals surface area contributed by atoms with Crippen LogP contribution in [-0.4, -0.2) is 28.6 Å². The van der Waals surface area contributed by atoms with Gasteiger partial charge in [0.15, 0.2) is 0 Å². The van der Waals surface area contributed by atoms with Crippen LogP contribution in [0.1, 0.15) is 30.9 Å². The Morgan fingerprint density at radius 1 is 1.41 bits per heavy atom. The molecule has 1 atom stereocenters. The number of carbonyl (C=O) groups is 1. The molecule has 1 N–H and O–H groups in total. The van der Waals surface area contributed by atoms with Gasteiger partial charge < -0.3 is 10.0 Å². The molecule has 0 aromatic heterocycles. The van der Waals surface area contributed by atoms with Crippen molar-refractivity contribution in [3.8, 4) is 0 Å². The largest absolute Gasteiger partial charge is 0.396 e. The van der Waals surface area contributed by atoms with Gasteiger partial charge in [-0.1, -0.05) is 31.2 Å². The maximum atomic E-state index is 11.9. The molecule has 1 aliphatic rings. The van der Waals surface area contributed by atoms with Gasteiger partial charge in [-0.2, -0.15) is 0 Å². The molecule has 92 valence electrons. The maximum absolute atomic E-state index is 11.9. The highest BCUT2D eigenvalue weighted by molar-refractivity contribution is 5.76. The van der Waals surface area contributed by atoms with Crippen LogP contribution in [0.4, 0.5) is 0 Å². The predicted octanol–water partition coefficient (Wildman–Crippen LogP) is 1.73. The van der Waals surface area contributed by atoms with Crippen molar-refractivity contribution in [3.05, 3.63) is 35.4 Å². The molecular weight excluding hydrogens is 214 g/mol. The Hall–Kier alpha value is -1.35. The molecule has 3 heteroatoms. The first-order valence-electron chi connectivity index (χ1n) is 6.23. The summed E-state index contributed by atoms with van der Waals surface area (Å²) < 4.78 is 0. The Labute approximate surface area is 102 Å². The molecule has 1 aromatic carbocycles. The van der Waals surface area contributed by atoms with Crippen LogP contribution in [0.15, 0.2) is 24.3 Å². The smallest absolute Gasteiger partial charge is 0.222 e. The highest BCUT2D eigenvalue weighted by Crippen LogP contribution is 2.25. The molecule has 1 heterocycles. The Morgan fingerprint density at radius 3 is 2.76 bits per heavy atom. The van der Waals surface area contributed by atoms with E-state index in [9.17, 15) is 4.79 Å². The summed E-state index contributed by atoms with van der Waals surface area (Å²) in [5.41, 5.74) is 2.55. The van der Waals surface area contributed by atoms with E-state index in [4.69, 9.17) is 5.11 Å². The van der Waals surface area contributed by atoms with Gasteiger partial charge in [0.05, 0.1) is 0 Å². The summed E-state index contributed by atoms with van der Waals surface area (Å²) in [5, 5.41) is 9.10. The number of rotatable bonds is 3. The van der Waals surface area contributed by atoms with Crippen molar-refractivity contribution < 1.29 is 9.90 Å². The lowest BCUT2D eigenvalue weighted by Crippen LogP contribution is -2.44. The summed E-state index contributed by atoms with van der Waals surface area (Å²) in [5.74, 6) is 0.179. The molecule has 17 heavy (non-hydrogen) atoms. The Balaban J connectivity index is 2.24. The normalized spacial score (nSPS) is 18.9. The molecule has 1 amide bonds. The number of aliphatic hydroxyl groups excluding tert-OH is 1. The number of benzene rings is 1. The lowest BCUT2D eigenvalue weighted by atomic mass is 9.92. The zero-order chi connectivity index (χ0) is 12.3. The first kappa shape index (κ1) is 12.1. The molecule has 0 aliphatic carbocycles. The lowest BCUT2D eigenvalue weighted by Gasteiger charge is -2.36. The van der Waals surface area contributed by atoms with Crippen LogP contribution in [0.25, 0.3) is 0 Å². The number of carbonyl (C=O) groups excluding carboxylic acids is 1. The third kappa shape index (κ3) is 2.50. The number of aliphatic hydroxyl groups is 1. The van der Waals surface area contributed by atoms with Crippen LogP contribution in [0.3, 0.4) is 0 Å². The molecule has 0 unspecified atom stereocenters. The number of fused-ring (bicyclic) bond motifs is 1. The second kappa shape index (κ2) is 5.32. The van der Waals surface area contributed by atoms with Crippen LogP contribution in [0.5, 0.6) is 0 Å². The van der Waals surface area contributed by atoms with Crippen LogP contribution >= 0.6 is 0 Å².